The number of hydrogen-bond donors (Lipinski definition) is 0. The van der Waals surface area contributed by atoms with Crippen molar-refractivity contribution in [3.63, 3.8) is 0 Å². The second kappa shape index (κ2) is 5.00. The van der Waals surface area contributed by atoms with E-state index in [0.29, 0.717) is 0 Å². The fraction of sp³-hybridized carbons (Fsp3) is 0.154. The molecule has 0 aliphatic carbocycles. The van der Waals surface area contributed by atoms with Crippen molar-refractivity contribution in [3.8, 4) is 0 Å². The second-order valence-electron chi connectivity index (χ2n) is 4.43. The Balaban J connectivity index is 2.03. The van der Waals surface area contributed by atoms with Crippen LogP contribution in [0, 0.1) is 0 Å². The average Bonchev–Trinajstić information content (AvgIpc) is 2.82. The number of rotatable bonds is 2. The molecule has 104 valence electrons. The van der Waals surface area contributed by atoms with Gasteiger partial charge in [-0.1, -0.05) is 35.3 Å². The number of pyridine rings is 1. The van der Waals surface area contributed by atoms with Crippen LogP contribution in [-0.4, -0.2) is 17.7 Å². The Hall–Kier alpha value is -1.14. The zero-order valence-electron chi connectivity index (χ0n) is 10.3. The molecule has 0 saturated heterocycles. The summed E-state index contributed by atoms with van der Waals surface area (Å²) in [6.07, 6.45) is 1.65. The third-order valence-corrected chi connectivity index (χ3v) is 5.92. The highest BCUT2D eigenvalue weighted by molar-refractivity contribution is 7.89. The smallest absolute Gasteiger partial charge is 0.246 e. The first kappa shape index (κ1) is 13.8. The minimum atomic E-state index is -3.74. The van der Waals surface area contributed by atoms with E-state index in [1.54, 1.807) is 18.3 Å². The van der Waals surface area contributed by atoms with E-state index in [2.05, 4.69) is 4.98 Å². The van der Waals surface area contributed by atoms with Gasteiger partial charge in [-0.25, -0.2) is 8.42 Å². The molecular weight excluding hydrogens is 319 g/mol. The largest absolute Gasteiger partial charge is 0.260 e. The highest BCUT2D eigenvalue weighted by Gasteiger charge is 2.33. The number of aromatic nitrogens is 1. The molecule has 2 aromatic rings. The van der Waals surface area contributed by atoms with E-state index in [-0.39, 0.29) is 28.0 Å². The summed E-state index contributed by atoms with van der Waals surface area (Å²) >= 11 is 12.0. The molecule has 0 unspecified atom stereocenters. The number of halogens is 2. The van der Waals surface area contributed by atoms with Crippen LogP contribution in [0.15, 0.2) is 41.4 Å². The van der Waals surface area contributed by atoms with Gasteiger partial charge in [0.05, 0.1) is 22.3 Å². The lowest BCUT2D eigenvalue weighted by atomic mass is 10.2. The maximum Gasteiger partial charge on any atom is 0.246 e. The topological polar surface area (TPSA) is 50.3 Å². The van der Waals surface area contributed by atoms with Gasteiger partial charge in [-0.2, -0.15) is 4.31 Å². The fourth-order valence-corrected chi connectivity index (χ4v) is 4.67. The average molecular weight is 329 g/mol. The molecule has 7 heteroatoms. The Labute approximate surface area is 127 Å². The van der Waals surface area contributed by atoms with Crippen LogP contribution in [0.5, 0.6) is 0 Å². The molecule has 0 spiro atoms. The Morgan fingerprint density at radius 3 is 2.40 bits per heavy atom. The van der Waals surface area contributed by atoms with Crippen molar-refractivity contribution in [1.29, 1.82) is 0 Å². The number of sulfonamides is 1. The van der Waals surface area contributed by atoms with Gasteiger partial charge < -0.3 is 0 Å². The third kappa shape index (κ3) is 2.20. The number of benzene rings is 1. The van der Waals surface area contributed by atoms with Crippen LogP contribution in [-0.2, 0) is 23.1 Å². The first-order valence-corrected chi connectivity index (χ1v) is 8.06. The molecule has 1 aromatic heterocycles. The summed E-state index contributed by atoms with van der Waals surface area (Å²) in [5.74, 6) is 0. The molecule has 1 aliphatic rings. The minimum absolute atomic E-state index is 0.0452. The minimum Gasteiger partial charge on any atom is -0.260 e. The summed E-state index contributed by atoms with van der Waals surface area (Å²) in [7, 11) is -3.74. The summed E-state index contributed by atoms with van der Waals surface area (Å²) in [6.45, 7) is 0.521. The van der Waals surface area contributed by atoms with Crippen molar-refractivity contribution < 1.29 is 8.42 Å². The lowest BCUT2D eigenvalue weighted by Gasteiger charge is -2.17. The lowest BCUT2D eigenvalue weighted by Crippen LogP contribution is -2.26. The molecule has 2 heterocycles. The van der Waals surface area contributed by atoms with Gasteiger partial charge in [-0.05, 0) is 23.8 Å². The fourth-order valence-electron chi connectivity index (χ4n) is 2.20. The molecule has 0 amide bonds. The second-order valence-corrected chi connectivity index (χ2v) is 7.12. The number of fused-ring (bicyclic) bond motifs is 1. The van der Waals surface area contributed by atoms with Crippen molar-refractivity contribution in [1.82, 2.24) is 9.29 Å². The van der Waals surface area contributed by atoms with Crippen LogP contribution in [0.3, 0.4) is 0 Å². The van der Waals surface area contributed by atoms with Crippen LogP contribution in [0.1, 0.15) is 11.3 Å². The van der Waals surface area contributed by atoms with E-state index in [1.807, 2.05) is 6.07 Å². The first-order chi connectivity index (χ1) is 9.50. The van der Waals surface area contributed by atoms with E-state index < -0.39 is 10.0 Å². The lowest BCUT2D eigenvalue weighted by molar-refractivity contribution is 0.430. The van der Waals surface area contributed by atoms with Gasteiger partial charge in [0.25, 0.3) is 0 Å². The molecule has 0 fully saturated rings. The van der Waals surface area contributed by atoms with Gasteiger partial charge in [0.2, 0.25) is 10.0 Å². The molecule has 0 radical (unpaired) electrons. The Morgan fingerprint density at radius 2 is 1.75 bits per heavy atom. The Bertz CT molecular complexity index is 732. The molecular formula is C13H10Cl2N2O2S. The van der Waals surface area contributed by atoms with Gasteiger partial charge in [0.15, 0.2) is 0 Å². The summed E-state index contributed by atoms with van der Waals surface area (Å²) in [6, 6.07) is 8.30. The molecule has 1 aliphatic heterocycles. The van der Waals surface area contributed by atoms with Crippen LogP contribution in [0.2, 0.25) is 10.0 Å². The maximum absolute atomic E-state index is 12.7. The van der Waals surface area contributed by atoms with Crippen molar-refractivity contribution in [2.24, 2.45) is 0 Å². The molecule has 4 nitrogen and oxygen atoms in total. The number of nitrogens with zero attached hydrogens (tertiary/aromatic N) is 2. The molecule has 0 atom stereocenters. The summed E-state index contributed by atoms with van der Waals surface area (Å²) in [5.41, 5.74) is 1.67. The van der Waals surface area contributed by atoms with Crippen LogP contribution in [0.25, 0.3) is 0 Å². The van der Waals surface area contributed by atoms with Crippen molar-refractivity contribution in [2.45, 2.75) is 18.0 Å². The van der Waals surface area contributed by atoms with E-state index in [9.17, 15) is 8.42 Å². The Morgan fingerprint density at radius 1 is 1.05 bits per heavy atom. The van der Waals surface area contributed by atoms with Crippen LogP contribution >= 0.6 is 23.2 Å². The highest BCUT2D eigenvalue weighted by Crippen LogP contribution is 2.34. The summed E-state index contributed by atoms with van der Waals surface area (Å²) in [4.78, 5) is 4.14. The predicted molar refractivity (Wildman–Crippen MR) is 77.1 cm³/mol. The highest BCUT2D eigenvalue weighted by atomic mass is 35.5. The van der Waals surface area contributed by atoms with Gasteiger partial charge in [-0.15, -0.1) is 0 Å². The SMILES string of the molecule is O=S(=O)(c1c(Cl)cccc1Cl)N1Cc2cccnc2C1. The van der Waals surface area contributed by atoms with E-state index in [4.69, 9.17) is 23.2 Å². The van der Waals surface area contributed by atoms with Gasteiger partial charge in [0.1, 0.15) is 4.90 Å². The van der Waals surface area contributed by atoms with Crippen molar-refractivity contribution in [2.75, 3.05) is 0 Å². The van der Waals surface area contributed by atoms with Crippen LogP contribution < -0.4 is 0 Å². The number of hydrogen-bond acceptors (Lipinski definition) is 3. The zero-order valence-corrected chi connectivity index (χ0v) is 12.6. The van der Waals surface area contributed by atoms with Gasteiger partial charge in [-0.3, -0.25) is 4.98 Å². The summed E-state index contributed by atoms with van der Waals surface area (Å²) < 4.78 is 26.7. The summed E-state index contributed by atoms with van der Waals surface area (Å²) in [5, 5.41) is 0.253. The monoisotopic (exact) mass is 328 g/mol. The quantitative estimate of drug-likeness (QED) is 0.851. The van der Waals surface area contributed by atoms with Gasteiger partial charge >= 0.3 is 0 Å². The maximum atomic E-state index is 12.7. The zero-order chi connectivity index (χ0) is 14.3. The molecule has 20 heavy (non-hydrogen) atoms. The van der Waals surface area contributed by atoms with Crippen molar-refractivity contribution in [3.05, 3.63) is 57.8 Å². The molecule has 0 N–H and O–H groups in total. The van der Waals surface area contributed by atoms with Gasteiger partial charge in [0, 0.05) is 12.7 Å². The normalized spacial score (nSPS) is 15.3. The van der Waals surface area contributed by atoms with E-state index >= 15 is 0 Å². The van der Waals surface area contributed by atoms with E-state index in [0.717, 1.165) is 11.3 Å². The predicted octanol–water partition coefficient (Wildman–Crippen LogP) is 3.09. The molecule has 1 aromatic carbocycles. The molecule has 3 rings (SSSR count). The third-order valence-electron chi connectivity index (χ3n) is 3.17. The standard InChI is InChI=1S/C13H10Cl2N2O2S/c14-10-4-1-5-11(15)13(10)20(18,19)17-7-9-3-2-6-16-12(9)8-17/h1-6H,7-8H2. The molecule has 0 saturated carbocycles. The first-order valence-electron chi connectivity index (χ1n) is 5.87. The van der Waals surface area contributed by atoms with E-state index in [1.165, 1.54) is 16.4 Å². The van der Waals surface area contributed by atoms with Crippen molar-refractivity contribution >= 4 is 33.2 Å². The molecule has 0 bridgehead atoms. The van der Waals surface area contributed by atoms with Crippen LogP contribution in [0.4, 0.5) is 0 Å². The Kier molecular flexibility index (Phi) is 3.46.